The van der Waals surface area contributed by atoms with Gasteiger partial charge in [0, 0.05) is 16.7 Å². The molecule has 0 unspecified atom stereocenters. The second kappa shape index (κ2) is 12.9. The van der Waals surface area contributed by atoms with Crippen molar-refractivity contribution in [1.82, 2.24) is 9.80 Å². The molecule has 1 heterocycles. The largest absolute Gasteiger partial charge is 0.457 e. The summed E-state index contributed by atoms with van der Waals surface area (Å²) in [5.74, 6) is -0.426. The molecule has 0 spiro atoms. The van der Waals surface area contributed by atoms with Crippen molar-refractivity contribution in [2.75, 3.05) is 13.1 Å². The maximum absolute atomic E-state index is 13.5. The van der Waals surface area contributed by atoms with Gasteiger partial charge in [-0.3, -0.25) is 29.0 Å². The Labute approximate surface area is 248 Å². The quantitative estimate of drug-likeness (QED) is 0.122. The molecule has 0 atom stereocenters. The highest BCUT2D eigenvalue weighted by atomic mass is 16.5. The topological polar surface area (TPSA) is 101 Å². The summed E-state index contributed by atoms with van der Waals surface area (Å²) in [6.45, 7) is 0.682. The molecule has 1 fully saturated rings. The molecule has 8 nitrogen and oxygen atoms in total. The smallest absolute Gasteiger partial charge is 0.332 e. The Kier molecular flexibility index (Phi) is 8.67. The van der Waals surface area contributed by atoms with Crippen molar-refractivity contribution < 1.29 is 28.7 Å². The summed E-state index contributed by atoms with van der Waals surface area (Å²) < 4.78 is 5.95. The molecule has 8 heteroatoms. The summed E-state index contributed by atoms with van der Waals surface area (Å²) >= 11 is 0. The van der Waals surface area contributed by atoms with Gasteiger partial charge in [0.25, 0.3) is 5.91 Å². The average Bonchev–Trinajstić information content (AvgIpc) is 3.24. The van der Waals surface area contributed by atoms with Crippen molar-refractivity contribution in [1.29, 1.82) is 0 Å². The van der Waals surface area contributed by atoms with E-state index in [1.165, 1.54) is 6.92 Å². The van der Waals surface area contributed by atoms with Gasteiger partial charge in [0.2, 0.25) is 0 Å². The van der Waals surface area contributed by atoms with Gasteiger partial charge in [-0.2, -0.15) is 0 Å². The molecular weight excluding hydrogens is 544 g/mol. The number of urea groups is 1. The van der Waals surface area contributed by atoms with E-state index in [-0.39, 0.29) is 30.2 Å². The average molecular weight is 573 g/mol. The summed E-state index contributed by atoms with van der Waals surface area (Å²) in [4.78, 5) is 66.6. The minimum Gasteiger partial charge on any atom is -0.457 e. The lowest BCUT2D eigenvalue weighted by atomic mass is 10.1. The first-order valence-corrected chi connectivity index (χ1v) is 13.7. The van der Waals surface area contributed by atoms with Crippen LogP contribution in [0, 0.1) is 0 Å². The first-order chi connectivity index (χ1) is 20.8. The van der Waals surface area contributed by atoms with E-state index in [0.717, 1.165) is 15.4 Å². The van der Waals surface area contributed by atoms with Crippen LogP contribution in [0.4, 0.5) is 4.79 Å². The number of nitrogens with zero attached hydrogens (tertiary/aromatic N) is 2. The number of carbonyl (C=O) groups is 5. The number of ketones is 3. The first-order valence-electron chi connectivity index (χ1n) is 13.7. The number of benzene rings is 4. The molecule has 1 aliphatic rings. The molecule has 0 aliphatic carbocycles. The van der Waals surface area contributed by atoms with Gasteiger partial charge in [0.15, 0.2) is 17.3 Å². The normalized spacial score (nSPS) is 13.8. The number of hydrogen-bond donors (Lipinski definition) is 0. The molecule has 214 valence electrons. The van der Waals surface area contributed by atoms with Crippen LogP contribution in [-0.2, 0) is 11.2 Å². The van der Waals surface area contributed by atoms with E-state index in [9.17, 15) is 24.0 Å². The van der Waals surface area contributed by atoms with E-state index in [0.29, 0.717) is 28.2 Å². The van der Waals surface area contributed by atoms with Crippen LogP contribution in [0.2, 0.25) is 0 Å². The van der Waals surface area contributed by atoms with Gasteiger partial charge in [-0.15, -0.1) is 0 Å². The SMILES string of the molecule is CC(=O)c1cccc(Oc2cccc(C/C=C3\C(=O)N(CC(=O)c4ccccc4)C(=O)N3CC(=O)c3ccccc3)c2)c1. The molecule has 0 radical (unpaired) electrons. The van der Waals surface area contributed by atoms with E-state index in [1.807, 2.05) is 6.07 Å². The van der Waals surface area contributed by atoms with E-state index in [4.69, 9.17) is 4.74 Å². The second-order valence-electron chi connectivity index (χ2n) is 9.97. The van der Waals surface area contributed by atoms with E-state index >= 15 is 0 Å². The Hall–Kier alpha value is -5.63. The maximum Gasteiger partial charge on any atom is 0.332 e. The van der Waals surface area contributed by atoms with Crippen LogP contribution in [0.25, 0.3) is 0 Å². The van der Waals surface area contributed by atoms with Gasteiger partial charge < -0.3 is 4.74 Å². The van der Waals surface area contributed by atoms with E-state index in [2.05, 4.69) is 0 Å². The summed E-state index contributed by atoms with van der Waals surface area (Å²) in [6, 6.07) is 30.2. The predicted molar refractivity (Wildman–Crippen MR) is 160 cm³/mol. The molecule has 1 saturated heterocycles. The number of amides is 3. The zero-order valence-corrected chi connectivity index (χ0v) is 23.4. The highest BCUT2D eigenvalue weighted by Crippen LogP contribution is 2.26. The Morgan fingerprint density at radius 1 is 0.651 bits per heavy atom. The first kappa shape index (κ1) is 28.9. The van der Waals surface area contributed by atoms with Gasteiger partial charge >= 0.3 is 6.03 Å². The minimum atomic E-state index is -0.729. The Morgan fingerprint density at radius 2 is 1.19 bits per heavy atom. The third kappa shape index (κ3) is 6.82. The van der Waals surface area contributed by atoms with Crippen molar-refractivity contribution >= 4 is 29.3 Å². The molecule has 3 amide bonds. The summed E-state index contributed by atoms with van der Waals surface area (Å²) in [6.07, 6.45) is 1.83. The third-order valence-corrected chi connectivity index (χ3v) is 6.92. The Bertz CT molecular complexity index is 1730. The highest BCUT2D eigenvalue weighted by Gasteiger charge is 2.42. The third-order valence-electron chi connectivity index (χ3n) is 6.92. The zero-order valence-electron chi connectivity index (χ0n) is 23.4. The number of Topliss-reactive ketones (excluding diaryl/α,β-unsaturated/α-hetero) is 3. The molecule has 4 aromatic rings. The van der Waals surface area contributed by atoms with Crippen LogP contribution >= 0.6 is 0 Å². The Balaban J connectivity index is 1.39. The minimum absolute atomic E-state index is 0.0237. The van der Waals surface area contributed by atoms with Crippen molar-refractivity contribution in [3.05, 3.63) is 143 Å². The fourth-order valence-electron chi connectivity index (χ4n) is 4.66. The van der Waals surface area contributed by atoms with Crippen LogP contribution in [0.15, 0.2) is 121 Å². The summed E-state index contributed by atoms with van der Waals surface area (Å²) in [5.41, 5.74) is 2.11. The number of allylic oxidation sites excluding steroid dienone is 1. The van der Waals surface area contributed by atoms with Crippen LogP contribution in [0.5, 0.6) is 11.5 Å². The lowest BCUT2D eigenvalue weighted by Gasteiger charge is -2.16. The standard InChI is InChI=1S/C35H28N2O6/c1-24(38)28-15-9-17-30(21-28)43-29-16-8-10-25(20-29)18-19-31-34(41)37(23-33(40)27-13-6-3-7-14-27)35(42)36(31)22-32(39)26-11-4-2-5-12-26/h2-17,19-21H,18,22-23H2,1H3/b31-19+. The summed E-state index contributed by atoms with van der Waals surface area (Å²) in [5, 5.41) is 0. The van der Waals surface area contributed by atoms with Crippen LogP contribution in [0.3, 0.4) is 0 Å². The number of ether oxygens (including phenoxy) is 1. The number of hydrogen-bond acceptors (Lipinski definition) is 6. The van der Waals surface area contributed by atoms with Crippen molar-refractivity contribution in [2.45, 2.75) is 13.3 Å². The lowest BCUT2D eigenvalue weighted by molar-refractivity contribution is -0.122. The number of carbonyl (C=O) groups excluding carboxylic acids is 5. The molecule has 1 aliphatic heterocycles. The molecule has 0 N–H and O–H groups in total. The van der Waals surface area contributed by atoms with Crippen molar-refractivity contribution in [3.63, 3.8) is 0 Å². The maximum atomic E-state index is 13.5. The zero-order chi connectivity index (χ0) is 30.3. The number of imide groups is 1. The fraction of sp³-hybridized carbons (Fsp3) is 0.114. The molecule has 4 aromatic carbocycles. The van der Waals surface area contributed by atoms with Gasteiger partial charge in [-0.05, 0) is 43.2 Å². The second-order valence-corrected chi connectivity index (χ2v) is 9.97. The molecule has 0 saturated carbocycles. The molecule has 43 heavy (non-hydrogen) atoms. The van der Waals surface area contributed by atoms with Gasteiger partial charge in [-0.1, -0.05) is 91.0 Å². The predicted octanol–water partition coefficient (Wildman–Crippen LogP) is 6.14. The Morgan fingerprint density at radius 3 is 1.79 bits per heavy atom. The van der Waals surface area contributed by atoms with Crippen LogP contribution < -0.4 is 4.74 Å². The van der Waals surface area contributed by atoms with E-state index in [1.54, 1.807) is 109 Å². The number of rotatable bonds is 11. The molecular formula is C35H28N2O6. The van der Waals surface area contributed by atoms with Crippen LogP contribution in [0.1, 0.15) is 43.6 Å². The van der Waals surface area contributed by atoms with Gasteiger partial charge in [0.1, 0.15) is 17.2 Å². The molecule has 0 bridgehead atoms. The lowest BCUT2D eigenvalue weighted by Crippen LogP contribution is -2.38. The monoisotopic (exact) mass is 572 g/mol. The highest BCUT2D eigenvalue weighted by molar-refractivity contribution is 6.16. The summed E-state index contributed by atoms with van der Waals surface area (Å²) in [7, 11) is 0. The van der Waals surface area contributed by atoms with Gasteiger partial charge in [0.05, 0.1) is 13.1 Å². The molecule has 0 aromatic heterocycles. The van der Waals surface area contributed by atoms with E-state index < -0.39 is 24.3 Å². The van der Waals surface area contributed by atoms with Gasteiger partial charge in [-0.25, -0.2) is 4.79 Å². The fourth-order valence-corrected chi connectivity index (χ4v) is 4.66. The van der Waals surface area contributed by atoms with Crippen molar-refractivity contribution in [2.24, 2.45) is 0 Å². The van der Waals surface area contributed by atoms with Crippen molar-refractivity contribution in [3.8, 4) is 11.5 Å². The molecule has 5 rings (SSSR count). The van der Waals surface area contributed by atoms with Crippen LogP contribution in [-0.4, -0.2) is 52.2 Å².